The monoisotopic (exact) mass is 175 g/mol. The molecule has 0 amide bonds. The first-order valence-corrected chi connectivity index (χ1v) is 4.39. The van der Waals surface area contributed by atoms with Crippen LogP contribution in [0.25, 0.3) is 0 Å². The Morgan fingerprint density at radius 2 is 2.46 bits per heavy atom. The number of pyridine rings is 1. The molecule has 3 heteroatoms. The third-order valence-corrected chi connectivity index (χ3v) is 1.89. The lowest BCUT2D eigenvalue weighted by Crippen LogP contribution is -2.11. The summed E-state index contributed by atoms with van der Waals surface area (Å²) in [5, 5.41) is 8.66. The number of nitriles is 1. The molecule has 13 heavy (non-hydrogen) atoms. The topological polar surface area (TPSA) is 62.7 Å². The molecule has 0 saturated heterocycles. The Bertz CT molecular complexity index is 314. The highest BCUT2D eigenvalue weighted by Crippen LogP contribution is 2.13. The Morgan fingerprint density at radius 3 is 3.08 bits per heavy atom. The number of hydrogen-bond donors (Lipinski definition) is 1. The molecular weight excluding hydrogens is 162 g/mol. The van der Waals surface area contributed by atoms with Crippen molar-refractivity contribution in [3.8, 4) is 6.07 Å². The van der Waals surface area contributed by atoms with Gasteiger partial charge in [0.05, 0.1) is 17.3 Å². The molecule has 3 nitrogen and oxygen atoms in total. The van der Waals surface area contributed by atoms with Gasteiger partial charge in [-0.25, -0.2) is 0 Å². The van der Waals surface area contributed by atoms with Crippen LogP contribution in [0, 0.1) is 11.3 Å². The van der Waals surface area contributed by atoms with Gasteiger partial charge in [0.1, 0.15) is 0 Å². The Kier molecular flexibility index (Phi) is 3.41. The average molecular weight is 175 g/mol. The van der Waals surface area contributed by atoms with Gasteiger partial charge in [0.15, 0.2) is 0 Å². The van der Waals surface area contributed by atoms with Crippen molar-refractivity contribution >= 4 is 0 Å². The molecule has 0 radical (unpaired) electrons. The molecule has 1 atom stereocenters. The van der Waals surface area contributed by atoms with Gasteiger partial charge >= 0.3 is 0 Å². The van der Waals surface area contributed by atoms with Gasteiger partial charge in [0, 0.05) is 12.2 Å². The van der Waals surface area contributed by atoms with Gasteiger partial charge < -0.3 is 5.73 Å². The fourth-order valence-corrected chi connectivity index (χ4v) is 1.18. The lowest BCUT2D eigenvalue weighted by atomic mass is 10.1. The van der Waals surface area contributed by atoms with Gasteiger partial charge in [-0.05, 0) is 18.6 Å². The SMILES string of the molecule is CCCC(N)c1cc(C#N)ccn1. The van der Waals surface area contributed by atoms with Crippen molar-refractivity contribution in [2.45, 2.75) is 25.8 Å². The van der Waals surface area contributed by atoms with Crippen LogP contribution in [0.4, 0.5) is 0 Å². The minimum atomic E-state index is -0.0432. The number of nitrogens with two attached hydrogens (primary N) is 1. The van der Waals surface area contributed by atoms with Crippen molar-refractivity contribution in [2.24, 2.45) is 5.73 Å². The maximum Gasteiger partial charge on any atom is 0.0992 e. The standard InChI is InChI=1S/C10H13N3/c1-2-3-9(12)10-6-8(7-11)4-5-13-10/h4-6,9H,2-3,12H2,1H3. The van der Waals surface area contributed by atoms with E-state index in [0.717, 1.165) is 18.5 Å². The van der Waals surface area contributed by atoms with E-state index < -0.39 is 0 Å². The van der Waals surface area contributed by atoms with Gasteiger partial charge in [-0.1, -0.05) is 13.3 Å². The lowest BCUT2D eigenvalue weighted by Gasteiger charge is -2.08. The van der Waals surface area contributed by atoms with Gasteiger partial charge in [0.25, 0.3) is 0 Å². The van der Waals surface area contributed by atoms with Gasteiger partial charge in [-0.15, -0.1) is 0 Å². The molecule has 1 unspecified atom stereocenters. The molecule has 0 aromatic carbocycles. The number of hydrogen-bond acceptors (Lipinski definition) is 3. The highest BCUT2D eigenvalue weighted by molar-refractivity contribution is 5.29. The van der Waals surface area contributed by atoms with Crippen LogP contribution >= 0.6 is 0 Å². The first kappa shape index (κ1) is 9.69. The summed E-state index contributed by atoms with van der Waals surface area (Å²) < 4.78 is 0. The molecule has 0 aliphatic heterocycles. The van der Waals surface area contributed by atoms with Crippen molar-refractivity contribution in [2.75, 3.05) is 0 Å². The Balaban J connectivity index is 2.83. The predicted molar refractivity (Wildman–Crippen MR) is 50.8 cm³/mol. The summed E-state index contributed by atoms with van der Waals surface area (Å²) in [7, 11) is 0. The molecule has 1 rings (SSSR count). The maximum absolute atomic E-state index is 8.66. The van der Waals surface area contributed by atoms with E-state index in [-0.39, 0.29) is 6.04 Å². The van der Waals surface area contributed by atoms with Crippen LogP contribution in [0.1, 0.15) is 37.1 Å². The van der Waals surface area contributed by atoms with E-state index in [1.165, 1.54) is 0 Å². The van der Waals surface area contributed by atoms with E-state index >= 15 is 0 Å². The lowest BCUT2D eigenvalue weighted by molar-refractivity contribution is 0.621. The normalized spacial score (nSPS) is 12.1. The summed E-state index contributed by atoms with van der Waals surface area (Å²) in [6, 6.07) is 5.46. The van der Waals surface area contributed by atoms with Gasteiger partial charge in [-0.2, -0.15) is 5.26 Å². The Hall–Kier alpha value is -1.40. The highest BCUT2D eigenvalue weighted by atomic mass is 14.8. The van der Waals surface area contributed by atoms with Crippen molar-refractivity contribution < 1.29 is 0 Å². The van der Waals surface area contributed by atoms with Gasteiger partial charge in [0.2, 0.25) is 0 Å². The van der Waals surface area contributed by atoms with Crippen molar-refractivity contribution in [3.63, 3.8) is 0 Å². The smallest absolute Gasteiger partial charge is 0.0992 e. The molecule has 0 aliphatic rings. The van der Waals surface area contributed by atoms with Crippen LogP contribution in [0.2, 0.25) is 0 Å². The summed E-state index contributed by atoms with van der Waals surface area (Å²) in [6.07, 6.45) is 3.56. The van der Waals surface area contributed by atoms with Crippen LogP contribution in [0.5, 0.6) is 0 Å². The molecule has 0 spiro atoms. The molecule has 1 heterocycles. The maximum atomic E-state index is 8.66. The fourth-order valence-electron chi connectivity index (χ4n) is 1.18. The first-order valence-electron chi connectivity index (χ1n) is 4.39. The highest BCUT2D eigenvalue weighted by Gasteiger charge is 2.06. The summed E-state index contributed by atoms with van der Waals surface area (Å²) >= 11 is 0. The molecular formula is C10H13N3. The largest absolute Gasteiger partial charge is 0.323 e. The first-order chi connectivity index (χ1) is 6.27. The van der Waals surface area contributed by atoms with E-state index in [1.807, 2.05) is 0 Å². The van der Waals surface area contributed by atoms with Crippen LogP contribution < -0.4 is 5.73 Å². The molecule has 68 valence electrons. The minimum absolute atomic E-state index is 0.0432. The molecule has 1 aromatic heterocycles. The number of rotatable bonds is 3. The van der Waals surface area contributed by atoms with Crippen molar-refractivity contribution in [3.05, 3.63) is 29.6 Å². The summed E-state index contributed by atoms with van der Waals surface area (Å²) in [5.74, 6) is 0. The zero-order valence-electron chi connectivity index (χ0n) is 7.70. The minimum Gasteiger partial charge on any atom is -0.323 e. The fraction of sp³-hybridized carbons (Fsp3) is 0.400. The molecule has 2 N–H and O–H groups in total. The molecule has 0 bridgehead atoms. The zero-order chi connectivity index (χ0) is 9.68. The molecule has 0 aliphatic carbocycles. The van der Waals surface area contributed by atoms with Crippen LogP contribution in [-0.2, 0) is 0 Å². The summed E-state index contributed by atoms with van der Waals surface area (Å²) in [4.78, 5) is 4.13. The third kappa shape index (κ3) is 2.53. The van der Waals surface area contributed by atoms with E-state index in [0.29, 0.717) is 5.56 Å². The summed E-state index contributed by atoms with van der Waals surface area (Å²) in [6.45, 7) is 2.08. The second-order valence-electron chi connectivity index (χ2n) is 2.98. The second kappa shape index (κ2) is 4.58. The van der Waals surface area contributed by atoms with Crippen LogP contribution in [0.3, 0.4) is 0 Å². The average Bonchev–Trinajstić information content (AvgIpc) is 2.18. The molecule has 1 aromatic rings. The second-order valence-corrected chi connectivity index (χ2v) is 2.98. The van der Waals surface area contributed by atoms with Gasteiger partial charge in [-0.3, -0.25) is 4.98 Å². The quantitative estimate of drug-likeness (QED) is 0.761. The number of nitrogens with zero attached hydrogens (tertiary/aromatic N) is 2. The van der Waals surface area contributed by atoms with Crippen LogP contribution in [0.15, 0.2) is 18.3 Å². The third-order valence-electron chi connectivity index (χ3n) is 1.89. The number of aromatic nitrogens is 1. The Morgan fingerprint density at radius 1 is 1.69 bits per heavy atom. The predicted octanol–water partition coefficient (Wildman–Crippen LogP) is 1.75. The summed E-state index contributed by atoms with van der Waals surface area (Å²) in [5.41, 5.74) is 7.29. The molecule has 0 fully saturated rings. The van der Waals surface area contributed by atoms with E-state index in [9.17, 15) is 0 Å². The van der Waals surface area contributed by atoms with Crippen molar-refractivity contribution in [1.82, 2.24) is 4.98 Å². The Labute approximate surface area is 78.2 Å². The van der Waals surface area contributed by atoms with E-state index in [2.05, 4.69) is 18.0 Å². The van der Waals surface area contributed by atoms with Crippen molar-refractivity contribution in [1.29, 1.82) is 5.26 Å². The van der Waals surface area contributed by atoms with Crippen LogP contribution in [-0.4, -0.2) is 4.98 Å². The van der Waals surface area contributed by atoms with E-state index in [1.54, 1.807) is 18.3 Å². The zero-order valence-corrected chi connectivity index (χ0v) is 7.70. The molecule has 0 saturated carbocycles. The van der Waals surface area contributed by atoms with E-state index in [4.69, 9.17) is 11.0 Å².